The van der Waals surface area contributed by atoms with Crippen molar-refractivity contribution in [1.29, 1.82) is 0 Å². The highest BCUT2D eigenvalue weighted by Gasteiger charge is 2.43. The van der Waals surface area contributed by atoms with Gasteiger partial charge in [-0.1, -0.05) is 6.07 Å². The monoisotopic (exact) mass is 403 g/mol. The van der Waals surface area contributed by atoms with E-state index in [0.717, 1.165) is 5.56 Å². The molecule has 0 bridgehead atoms. The Bertz CT molecular complexity index is 709. The first-order valence-electron chi connectivity index (χ1n) is 8.65. The number of amides is 2. The lowest BCUT2D eigenvalue weighted by molar-refractivity contribution is -0.135. The van der Waals surface area contributed by atoms with E-state index in [1.165, 1.54) is 0 Å². The minimum atomic E-state index is -2.83. The summed E-state index contributed by atoms with van der Waals surface area (Å²) in [5.41, 5.74) is 1.48. The Morgan fingerprint density at radius 1 is 1.19 bits per heavy atom. The molecule has 0 saturated carbocycles. The van der Waals surface area contributed by atoms with Crippen LogP contribution in [-0.4, -0.2) is 73.4 Å². The number of piperazine rings is 1. The molecule has 1 atom stereocenters. The van der Waals surface area contributed by atoms with E-state index in [1.54, 1.807) is 29.0 Å². The molecule has 2 amide bonds. The number of alkyl halides is 2. The molecule has 1 aromatic rings. The molecule has 2 aliphatic heterocycles. The Morgan fingerprint density at radius 2 is 1.81 bits per heavy atom. The molecule has 2 fully saturated rings. The summed E-state index contributed by atoms with van der Waals surface area (Å²) in [6.45, 7) is 2.89. The summed E-state index contributed by atoms with van der Waals surface area (Å²) >= 11 is 0. The molecule has 0 radical (unpaired) electrons. The summed E-state index contributed by atoms with van der Waals surface area (Å²) in [7, 11) is 1.56. The van der Waals surface area contributed by atoms with E-state index in [4.69, 9.17) is 4.74 Å². The maximum atomic E-state index is 13.3. The molecule has 0 spiro atoms. The van der Waals surface area contributed by atoms with Gasteiger partial charge >= 0.3 is 0 Å². The van der Waals surface area contributed by atoms with Gasteiger partial charge in [-0.2, -0.15) is 0 Å². The topological polar surface area (TPSA) is 61.9 Å². The third kappa shape index (κ3) is 4.68. The molecule has 150 valence electrons. The van der Waals surface area contributed by atoms with Gasteiger partial charge in [0, 0.05) is 38.2 Å². The van der Waals surface area contributed by atoms with Gasteiger partial charge in [0.15, 0.2) is 0 Å². The third-order valence-electron chi connectivity index (χ3n) is 4.94. The highest BCUT2D eigenvalue weighted by Crippen LogP contribution is 2.26. The van der Waals surface area contributed by atoms with Crippen LogP contribution in [0.4, 0.5) is 8.78 Å². The number of nitrogens with one attached hydrogen (secondary N) is 1. The second-order valence-electron chi connectivity index (χ2n) is 6.80. The molecule has 2 aliphatic rings. The van der Waals surface area contributed by atoms with E-state index in [2.05, 4.69) is 5.32 Å². The first-order valence-corrected chi connectivity index (χ1v) is 8.65. The van der Waals surface area contributed by atoms with Gasteiger partial charge in [-0.25, -0.2) is 8.78 Å². The largest absolute Gasteiger partial charge is 0.496 e. The van der Waals surface area contributed by atoms with Crippen LogP contribution in [0.15, 0.2) is 18.2 Å². The Labute approximate surface area is 163 Å². The van der Waals surface area contributed by atoms with Gasteiger partial charge in [0.1, 0.15) is 5.75 Å². The fourth-order valence-electron chi connectivity index (χ4n) is 3.38. The van der Waals surface area contributed by atoms with E-state index in [-0.39, 0.29) is 24.2 Å². The third-order valence-corrected chi connectivity index (χ3v) is 4.94. The van der Waals surface area contributed by atoms with Crippen molar-refractivity contribution >= 4 is 24.2 Å². The van der Waals surface area contributed by atoms with Gasteiger partial charge < -0.3 is 14.5 Å². The second kappa shape index (κ2) is 8.39. The Hall–Kier alpha value is -1.93. The number of carbonyl (C=O) groups excluding carboxylic acids is 2. The number of halogens is 3. The lowest BCUT2D eigenvalue weighted by Gasteiger charge is -2.36. The maximum absolute atomic E-state index is 13.3. The standard InChI is InChI=1S/C18H23F2N3O3.ClH/c1-12-3-4-13(9-15(12)26-2)16(24)22-5-7-23(8-6-22)17(25)14-10-18(19,20)11-21-14;/h3-4,9,14,21H,5-8,10-11H2,1-2H3;1H. The molecule has 6 nitrogen and oxygen atoms in total. The maximum Gasteiger partial charge on any atom is 0.262 e. The Kier molecular flexibility index (Phi) is 6.64. The van der Waals surface area contributed by atoms with Crippen LogP contribution in [0.1, 0.15) is 22.3 Å². The molecular formula is C18H24ClF2N3O3. The van der Waals surface area contributed by atoms with Crippen LogP contribution < -0.4 is 10.1 Å². The molecule has 0 aromatic heterocycles. The van der Waals surface area contributed by atoms with Gasteiger partial charge in [-0.15, -0.1) is 12.4 Å². The summed E-state index contributed by atoms with van der Waals surface area (Å²) in [6.07, 6.45) is -0.464. The smallest absolute Gasteiger partial charge is 0.262 e. The molecule has 1 aromatic carbocycles. The zero-order valence-electron chi connectivity index (χ0n) is 15.3. The van der Waals surface area contributed by atoms with Crippen molar-refractivity contribution in [2.45, 2.75) is 25.3 Å². The van der Waals surface area contributed by atoms with E-state index in [0.29, 0.717) is 37.5 Å². The van der Waals surface area contributed by atoms with Crippen LogP contribution in [-0.2, 0) is 4.79 Å². The molecule has 2 heterocycles. The fraction of sp³-hybridized carbons (Fsp3) is 0.556. The molecular weight excluding hydrogens is 380 g/mol. The zero-order valence-corrected chi connectivity index (χ0v) is 16.2. The quantitative estimate of drug-likeness (QED) is 0.834. The first kappa shape index (κ1) is 21.4. The van der Waals surface area contributed by atoms with E-state index < -0.39 is 24.9 Å². The van der Waals surface area contributed by atoms with Crippen LogP contribution in [0.25, 0.3) is 0 Å². The van der Waals surface area contributed by atoms with E-state index in [9.17, 15) is 18.4 Å². The SMILES string of the molecule is COc1cc(C(=O)N2CCN(C(=O)C3CC(F)(F)CN3)CC2)ccc1C.Cl. The van der Waals surface area contributed by atoms with Crippen LogP contribution >= 0.6 is 12.4 Å². The highest BCUT2D eigenvalue weighted by atomic mass is 35.5. The van der Waals surface area contributed by atoms with Crippen molar-refractivity contribution < 1.29 is 23.1 Å². The number of ether oxygens (including phenoxy) is 1. The number of hydrogen-bond acceptors (Lipinski definition) is 4. The molecule has 1 unspecified atom stereocenters. The van der Waals surface area contributed by atoms with Crippen molar-refractivity contribution in [2.24, 2.45) is 0 Å². The van der Waals surface area contributed by atoms with Crippen LogP contribution in [0.5, 0.6) is 5.75 Å². The molecule has 0 aliphatic carbocycles. The predicted octanol–water partition coefficient (Wildman–Crippen LogP) is 1.71. The van der Waals surface area contributed by atoms with Crippen molar-refractivity contribution in [1.82, 2.24) is 15.1 Å². The summed E-state index contributed by atoms with van der Waals surface area (Å²) in [5.74, 6) is -2.62. The number of nitrogens with zero attached hydrogens (tertiary/aromatic N) is 2. The molecule has 2 saturated heterocycles. The highest BCUT2D eigenvalue weighted by molar-refractivity contribution is 5.95. The predicted molar refractivity (Wildman–Crippen MR) is 98.8 cm³/mol. The Morgan fingerprint density at radius 3 is 2.37 bits per heavy atom. The number of methoxy groups -OCH3 is 1. The lowest BCUT2D eigenvalue weighted by Crippen LogP contribution is -2.54. The number of aryl methyl sites for hydroxylation is 1. The van der Waals surface area contributed by atoms with Gasteiger partial charge in [0.05, 0.1) is 19.7 Å². The summed E-state index contributed by atoms with van der Waals surface area (Å²) < 4.78 is 31.8. The number of benzene rings is 1. The summed E-state index contributed by atoms with van der Waals surface area (Å²) in [4.78, 5) is 28.2. The fourth-order valence-corrected chi connectivity index (χ4v) is 3.38. The van der Waals surface area contributed by atoms with Crippen molar-refractivity contribution in [3.63, 3.8) is 0 Å². The number of rotatable bonds is 3. The van der Waals surface area contributed by atoms with E-state index in [1.807, 2.05) is 13.0 Å². The van der Waals surface area contributed by atoms with E-state index >= 15 is 0 Å². The zero-order chi connectivity index (χ0) is 18.9. The van der Waals surface area contributed by atoms with Crippen molar-refractivity contribution in [3.8, 4) is 5.75 Å². The number of hydrogen-bond donors (Lipinski definition) is 1. The molecule has 9 heteroatoms. The van der Waals surface area contributed by atoms with Crippen LogP contribution in [0.3, 0.4) is 0 Å². The normalized spacial score (nSPS) is 21.6. The van der Waals surface area contributed by atoms with Gasteiger partial charge in [0.2, 0.25) is 5.91 Å². The Balaban J connectivity index is 0.00000261. The van der Waals surface area contributed by atoms with Gasteiger partial charge in [-0.3, -0.25) is 14.9 Å². The first-order chi connectivity index (χ1) is 12.3. The summed E-state index contributed by atoms with van der Waals surface area (Å²) in [5, 5.41) is 2.59. The average molecular weight is 404 g/mol. The second-order valence-corrected chi connectivity index (χ2v) is 6.80. The average Bonchev–Trinajstić information content (AvgIpc) is 3.01. The minimum absolute atomic E-state index is 0. The summed E-state index contributed by atoms with van der Waals surface area (Å²) in [6, 6.07) is 4.45. The lowest BCUT2D eigenvalue weighted by atomic mass is 10.1. The minimum Gasteiger partial charge on any atom is -0.496 e. The van der Waals surface area contributed by atoms with Crippen molar-refractivity contribution in [3.05, 3.63) is 29.3 Å². The molecule has 27 heavy (non-hydrogen) atoms. The van der Waals surface area contributed by atoms with Gasteiger partial charge in [0.25, 0.3) is 11.8 Å². The van der Waals surface area contributed by atoms with Crippen molar-refractivity contribution in [2.75, 3.05) is 39.8 Å². The van der Waals surface area contributed by atoms with Gasteiger partial charge in [-0.05, 0) is 24.6 Å². The van der Waals surface area contributed by atoms with Crippen LogP contribution in [0, 0.1) is 6.92 Å². The number of carbonyl (C=O) groups is 2. The molecule has 1 N–H and O–H groups in total. The van der Waals surface area contributed by atoms with Crippen LogP contribution in [0.2, 0.25) is 0 Å². The molecule has 3 rings (SSSR count).